The Morgan fingerprint density at radius 2 is 2.06 bits per heavy atom. The van der Waals surface area contributed by atoms with Crippen LogP contribution in [-0.4, -0.2) is 4.98 Å². The predicted octanol–water partition coefficient (Wildman–Crippen LogP) is 3.59. The van der Waals surface area contributed by atoms with Crippen molar-refractivity contribution < 1.29 is 4.39 Å². The number of aryl methyl sites for hydroxylation is 2. The molecule has 2 N–H and O–H groups in total. The molecular weight excluding hydrogens is 235 g/mol. The Morgan fingerprint density at radius 3 is 2.59 bits per heavy atom. The van der Waals surface area contributed by atoms with Crippen LogP contribution in [0.3, 0.4) is 0 Å². The summed E-state index contributed by atoms with van der Waals surface area (Å²) < 4.78 is 13.0. The minimum atomic E-state index is -0.216. The molecule has 0 aliphatic rings. The second-order valence-corrected chi connectivity index (χ2v) is 5.25. The van der Waals surface area contributed by atoms with E-state index < -0.39 is 0 Å². The molecule has 0 amide bonds. The molecule has 2 nitrogen and oxygen atoms in total. The van der Waals surface area contributed by atoms with Crippen molar-refractivity contribution in [3.63, 3.8) is 0 Å². The molecule has 2 aromatic rings. The molecule has 0 saturated heterocycles. The van der Waals surface area contributed by atoms with Crippen molar-refractivity contribution in [3.8, 4) is 10.6 Å². The summed E-state index contributed by atoms with van der Waals surface area (Å²) in [6.45, 7) is 5.79. The number of hydrogen-bond acceptors (Lipinski definition) is 3. The molecule has 2 rings (SSSR count). The van der Waals surface area contributed by atoms with Crippen LogP contribution in [0.15, 0.2) is 18.2 Å². The molecular formula is C13H15FN2S. The highest BCUT2D eigenvalue weighted by Gasteiger charge is 2.13. The first-order valence-corrected chi connectivity index (χ1v) is 6.30. The molecule has 1 atom stereocenters. The summed E-state index contributed by atoms with van der Waals surface area (Å²) >= 11 is 1.58. The lowest BCUT2D eigenvalue weighted by atomic mass is 10.1. The number of nitrogens with zero attached hydrogens (tertiary/aromatic N) is 1. The summed E-state index contributed by atoms with van der Waals surface area (Å²) in [5, 5.41) is 0.910. The number of hydrogen-bond donors (Lipinski definition) is 1. The topological polar surface area (TPSA) is 38.9 Å². The van der Waals surface area contributed by atoms with E-state index in [0.717, 1.165) is 26.7 Å². The molecule has 1 unspecified atom stereocenters. The van der Waals surface area contributed by atoms with E-state index in [9.17, 15) is 4.39 Å². The van der Waals surface area contributed by atoms with Gasteiger partial charge in [0, 0.05) is 16.5 Å². The van der Waals surface area contributed by atoms with Gasteiger partial charge in [0.25, 0.3) is 0 Å². The number of aromatic nitrogens is 1. The van der Waals surface area contributed by atoms with Crippen LogP contribution in [0, 0.1) is 19.7 Å². The number of rotatable bonds is 2. The standard InChI is InChI=1S/C13H15FN2S/c1-7-6-10(14)4-5-11(7)13-16-9(3)12(17-13)8(2)15/h4-6,8H,15H2,1-3H3. The third-order valence-corrected chi connectivity index (χ3v) is 4.06. The largest absolute Gasteiger partial charge is 0.323 e. The summed E-state index contributed by atoms with van der Waals surface area (Å²) in [6, 6.07) is 4.75. The van der Waals surface area contributed by atoms with Crippen LogP contribution in [0.1, 0.15) is 29.1 Å². The fourth-order valence-corrected chi connectivity index (χ4v) is 2.92. The lowest BCUT2D eigenvalue weighted by Crippen LogP contribution is -2.03. The van der Waals surface area contributed by atoms with Crippen molar-refractivity contribution in [1.82, 2.24) is 4.98 Å². The molecule has 0 aliphatic heterocycles. The molecule has 0 spiro atoms. The van der Waals surface area contributed by atoms with Crippen molar-refractivity contribution in [1.29, 1.82) is 0 Å². The molecule has 0 radical (unpaired) electrons. The number of halogens is 1. The summed E-state index contributed by atoms with van der Waals surface area (Å²) in [5.41, 5.74) is 8.72. The lowest BCUT2D eigenvalue weighted by molar-refractivity contribution is 0.627. The summed E-state index contributed by atoms with van der Waals surface area (Å²) in [7, 11) is 0. The van der Waals surface area contributed by atoms with Gasteiger partial charge in [-0.25, -0.2) is 9.37 Å². The van der Waals surface area contributed by atoms with E-state index in [4.69, 9.17) is 5.73 Å². The zero-order valence-electron chi connectivity index (χ0n) is 10.1. The van der Waals surface area contributed by atoms with Crippen molar-refractivity contribution in [2.45, 2.75) is 26.8 Å². The van der Waals surface area contributed by atoms with Crippen molar-refractivity contribution in [3.05, 3.63) is 40.2 Å². The van der Waals surface area contributed by atoms with Crippen molar-refractivity contribution in [2.75, 3.05) is 0 Å². The Kier molecular flexibility index (Phi) is 3.26. The first kappa shape index (κ1) is 12.2. The summed E-state index contributed by atoms with van der Waals surface area (Å²) in [6.07, 6.45) is 0. The number of benzene rings is 1. The average molecular weight is 250 g/mol. The zero-order valence-corrected chi connectivity index (χ0v) is 10.9. The molecule has 4 heteroatoms. The SMILES string of the molecule is Cc1cc(F)ccc1-c1nc(C)c(C(C)N)s1. The van der Waals surface area contributed by atoms with Gasteiger partial charge >= 0.3 is 0 Å². The molecule has 0 bridgehead atoms. The molecule has 0 saturated carbocycles. The molecule has 1 aromatic heterocycles. The highest BCUT2D eigenvalue weighted by Crippen LogP contribution is 2.32. The van der Waals surface area contributed by atoms with Gasteiger partial charge in [-0.15, -0.1) is 11.3 Å². The second-order valence-electron chi connectivity index (χ2n) is 4.22. The van der Waals surface area contributed by atoms with Crippen LogP contribution in [0.2, 0.25) is 0 Å². The summed E-state index contributed by atoms with van der Waals surface area (Å²) in [5.74, 6) is -0.216. The Labute approximate surface area is 104 Å². The first-order valence-electron chi connectivity index (χ1n) is 5.48. The Balaban J connectivity index is 2.50. The van der Waals surface area contributed by atoms with E-state index in [-0.39, 0.29) is 11.9 Å². The minimum Gasteiger partial charge on any atom is -0.323 e. The average Bonchev–Trinajstić information content (AvgIpc) is 2.60. The highest BCUT2D eigenvalue weighted by atomic mass is 32.1. The van der Waals surface area contributed by atoms with Gasteiger partial charge < -0.3 is 5.73 Å². The minimum absolute atomic E-state index is 0.0120. The van der Waals surface area contributed by atoms with E-state index in [0.29, 0.717) is 0 Å². The van der Waals surface area contributed by atoms with Crippen molar-refractivity contribution in [2.24, 2.45) is 5.73 Å². The Morgan fingerprint density at radius 1 is 1.35 bits per heavy atom. The number of thiazole rings is 1. The van der Waals surface area contributed by atoms with Gasteiger partial charge in [0.2, 0.25) is 0 Å². The van der Waals surface area contributed by atoms with Crippen LogP contribution in [-0.2, 0) is 0 Å². The smallest absolute Gasteiger partial charge is 0.124 e. The first-order chi connectivity index (χ1) is 7.99. The van der Waals surface area contributed by atoms with Gasteiger partial charge in [0.15, 0.2) is 0 Å². The van der Waals surface area contributed by atoms with E-state index in [1.165, 1.54) is 12.1 Å². The van der Waals surface area contributed by atoms with Crippen LogP contribution in [0.25, 0.3) is 10.6 Å². The van der Waals surface area contributed by atoms with E-state index in [1.54, 1.807) is 17.4 Å². The van der Waals surface area contributed by atoms with Crippen LogP contribution in [0.5, 0.6) is 0 Å². The molecule has 0 fully saturated rings. The zero-order chi connectivity index (χ0) is 12.6. The monoisotopic (exact) mass is 250 g/mol. The predicted molar refractivity (Wildman–Crippen MR) is 69.6 cm³/mol. The fraction of sp³-hybridized carbons (Fsp3) is 0.308. The molecule has 0 aliphatic carbocycles. The van der Waals surface area contributed by atoms with Crippen LogP contribution < -0.4 is 5.73 Å². The molecule has 1 heterocycles. The van der Waals surface area contributed by atoms with Crippen LogP contribution in [0.4, 0.5) is 4.39 Å². The number of nitrogens with two attached hydrogens (primary N) is 1. The summed E-state index contributed by atoms with van der Waals surface area (Å²) in [4.78, 5) is 5.60. The van der Waals surface area contributed by atoms with Crippen molar-refractivity contribution >= 4 is 11.3 Å². The quantitative estimate of drug-likeness (QED) is 0.884. The maximum atomic E-state index is 13.0. The van der Waals surface area contributed by atoms with Gasteiger partial charge in [0.05, 0.1) is 5.69 Å². The Bertz CT molecular complexity index is 546. The van der Waals surface area contributed by atoms with Gasteiger partial charge in [-0.2, -0.15) is 0 Å². The lowest BCUT2D eigenvalue weighted by Gasteiger charge is -2.02. The molecule has 17 heavy (non-hydrogen) atoms. The third kappa shape index (κ3) is 2.37. The molecule has 90 valence electrons. The highest BCUT2D eigenvalue weighted by molar-refractivity contribution is 7.15. The Hall–Kier alpha value is -1.26. The fourth-order valence-electron chi connectivity index (χ4n) is 1.81. The van der Waals surface area contributed by atoms with Gasteiger partial charge in [-0.3, -0.25) is 0 Å². The van der Waals surface area contributed by atoms with Gasteiger partial charge in [-0.05, 0) is 44.5 Å². The second kappa shape index (κ2) is 4.55. The van der Waals surface area contributed by atoms with E-state index >= 15 is 0 Å². The van der Waals surface area contributed by atoms with Gasteiger partial charge in [0.1, 0.15) is 10.8 Å². The molecule has 1 aromatic carbocycles. The van der Waals surface area contributed by atoms with Gasteiger partial charge in [-0.1, -0.05) is 0 Å². The van der Waals surface area contributed by atoms with E-state index in [2.05, 4.69) is 4.98 Å². The maximum absolute atomic E-state index is 13.0. The third-order valence-electron chi connectivity index (χ3n) is 2.66. The maximum Gasteiger partial charge on any atom is 0.124 e. The normalized spacial score (nSPS) is 12.8. The van der Waals surface area contributed by atoms with Crippen LogP contribution >= 0.6 is 11.3 Å². The van der Waals surface area contributed by atoms with E-state index in [1.807, 2.05) is 20.8 Å².